The van der Waals surface area contributed by atoms with Crippen LogP contribution in [0.1, 0.15) is 25.3 Å². The third kappa shape index (κ3) is 4.61. The number of nitrogens with zero attached hydrogens (tertiary/aromatic N) is 1. The van der Waals surface area contributed by atoms with Crippen LogP contribution in [0.25, 0.3) is 0 Å². The molecule has 0 radical (unpaired) electrons. The molecule has 0 spiro atoms. The van der Waals surface area contributed by atoms with Crippen LogP contribution in [0.4, 0.5) is 0 Å². The van der Waals surface area contributed by atoms with Crippen molar-refractivity contribution < 1.29 is 9.47 Å². The molecule has 0 unspecified atom stereocenters. The molecule has 0 atom stereocenters. The molecule has 21 heavy (non-hydrogen) atoms. The molecule has 1 aromatic rings. The van der Waals surface area contributed by atoms with Crippen molar-refractivity contribution in [2.24, 2.45) is 0 Å². The largest absolute Gasteiger partial charge is 0.493 e. The van der Waals surface area contributed by atoms with Crippen molar-refractivity contribution in [1.29, 1.82) is 0 Å². The van der Waals surface area contributed by atoms with Gasteiger partial charge in [0, 0.05) is 12.6 Å². The Morgan fingerprint density at radius 2 is 1.86 bits per heavy atom. The lowest BCUT2D eigenvalue weighted by Crippen LogP contribution is -2.43. The highest BCUT2D eigenvalue weighted by atomic mass is 16.5. The predicted octanol–water partition coefficient (Wildman–Crippen LogP) is 2.32. The summed E-state index contributed by atoms with van der Waals surface area (Å²) in [5.41, 5.74) is 1.31. The highest BCUT2D eigenvalue weighted by molar-refractivity contribution is 5.42. The van der Waals surface area contributed by atoms with Crippen molar-refractivity contribution in [3.8, 4) is 11.5 Å². The van der Waals surface area contributed by atoms with Crippen molar-refractivity contribution >= 4 is 0 Å². The molecule has 0 amide bonds. The fourth-order valence-corrected chi connectivity index (χ4v) is 2.97. The van der Waals surface area contributed by atoms with E-state index in [-0.39, 0.29) is 0 Å². The Bertz CT molecular complexity index is 429. The molecule has 0 aromatic heterocycles. The monoisotopic (exact) mass is 292 g/mol. The second-order valence-electron chi connectivity index (χ2n) is 5.61. The number of nitrogens with one attached hydrogen (secondary N) is 1. The molecule has 118 valence electrons. The van der Waals surface area contributed by atoms with Crippen LogP contribution in [0.5, 0.6) is 11.5 Å². The highest BCUT2D eigenvalue weighted by Gasteiger charge is 2.17. The van der Waals surface area contributed by atoms with Gasteiger partial charge in [-0.1, -0.05) is 13.0 Å². The van der Waals surface area contributed by atoms with E-state index in [1.165, 1.54) is 31.5 Å². The summed E-state index contributed by atoms with van der Waals surface area (Å²) < 4.78 is 10.6. The number of ether oxygens (including phenoxy) is 2. The van der Waals surface area contributed by atoms with E-state index in [1.807, 2.05) is 6.07 Å². The van der Waals surface area contributed by atoms with E-state index in [0.29, 0.717) is 6.04 Å². The van der Waals surface area contributed by atoms with E-state index in [2.05, 4.69) is 29.3 Å². The first-order valence-electron chi connectivity index (χ1n) is 7.93. The molecule has 1 aromatic carbocycles. The van der Waals surface area contributed by atoms with Gasteiger partial charge in [-0.2, -0.15) is 0 Å². The van der Waals surface area contributed by atoms with E-state index >= 15 is 0 Å². The Kier molecular flexibility index (Phi) is 6.33. The zero-order valence-corrected chi connectivity index (χ0v) is 13.5. The fraction of sp³-hybridized carbons (Fsp3) is 0.647. The molecule has 1 aliphatic heterocycles. The number of rotatable bonds is 7. The molecule has 1 aliphatic rings. The number of hydrogen-bond acceptors (Lipinski definition) is 4. The van der Waals surface area contributed by atoms with Crippen LogP contribution in [0.2, 0.25) is 0 Å². The quantitative estimate of drug-likeness (QED) is 0.836. The first-order chi connectivity index (χ1) is 10.3. The van der Waals surface area contributed by atoms with Crippen LogP contribution < -0.4 is 14.8 Å². The van der Waals surface area contributed by atoms with Crippen molar-refractivity contribution in [3.05, 3.63) is 23.8 Å². The molecule has 4 nitrogen and oxygen atoms in total. The zero-order chi connectivity index (χ0) is 15.1. The van der Waals surface area contributed by atoms with Gasteiger partial charge in [-0.3, -0.25) is 0 Å². The summed E-state index contributed by atoms with van der Waals surface area (Å²) in [5, 5.41) is 3.55. The van der Waals surface area contributed by atoms with Gasteiger partial charge in [-0.05, 0) is 56.6 Å². The standard InChI is InChI=1S/C17H28N2O2/c1-4-18-15-8-11-19(12-9-15)10-7-14-5-6-16(20-2)17(13-14)21-3/h5-6,13,15,18H,4,7-12H2,1-3H3. The lowest BCUT2D eigenvalue weighted by Gasteiger charge is -2.32. The summed E-state index contributed by atoms with van der Waals surface area (Å²) in [5.74, 6) is 1.62. The summed E-state index contributed by atoms with van der Waals surface area (Å²) in [6, 6.07) is 6.93. The van der Waals surface area contributed by atoms with E-state index in [1.54, 1.807) is 14.2 Å². The first kappa shape index (κ1) is 16.1. The zero-order valence-electron chi connectivity index (χ0n) is 13.5. The van der Waals surface area contributed by atoms with E-state index in [9.17, 15) is 0 Å². The third-order valence-electron chi connectivity index (χ3n) is 4.25. The Labute approximate surface area is 128 Å². The van der Waals surface area contributed by atoms with E-state index < -0.39 is 0 Å². The van der Waals surface area contributed by atoms with Gasteiger partial charge in [0.15, 0.2) is 11.5 Å². The Morgan fingerprint density at radius 3 is 2.48 bits per heavy atom. The summed E-state index contributed by atoms with van der Waals surface area (Å²) in [6.45, 7) is 6.78. The molecule has 1 heterocycles. The van der Waals surface area contributed by atoms with Crippen molar-refractivity contribution in [2.45, 2.75) is 32.2 Å². The Morgan fingerprint density at radius 1 is 1.14 bits per heavy atom. The van der Waals surface area contributed by atoms with Crippen molar-refractivity contribution in [1.82, 2.24) is 10.2 Å². The minimum Gasteiger partial charge on any atom is -0.493 e. The minimum atomic E-state index is 0.715. The summed E-state index contributed by atoms with van der Waals surface area (Å²) in [4.78, 5) is 2.56. The van der Waals surface area contributed by atoms with E-state index in [4.69, 9.17) is 9.47 Å². The van der Waals surface area contributed by atoms with Crippen molar-refractivity contribution in [2.75, 3.05) is 40.4 Å². The number of hydrogen-bond donors (Lipinski definition) is 1. The average molecular weight is 292 g/mol. The molecular weight excluding hydrogens is 264 g/mol. The molecule has 0 saturated carbocycles. The smallest absolute Gasteiger partial charge is 0.160 e. The lowest BCUT2D eigenvalue weighted by molar-refractivity contribution is 0.201. The van der Waals surface area contributed by atoms with Gasteiger partial charge in [0.2, 0.25) is 0 Å². The van der Waals surface area contributed by atoms with Crippen LogP contribution >= 0.6 is 0 Å². The second kappa shape index (κ2) is 8.25. The van der Waals surface area contributed by atoms with Gasteiger partial charge in [-0.25, -0.2) is 0 Å². The van der Waals surface area contributed by atoms with Gasteiger partial charge >= 0.3 is 0 Å². The minimum absolute atomic E-state index is 0.715. The van der Waals surface area contributed by atoms with E-state index in [0.717, 1.165) is 31.0 Å². The Balaban J connectivity index is 1.81. The van der Waals surface area contributed by atoms with Gasteiger partial charge < -0.3 is 19.7 Å². The highest BCUT2D eigenvalue weighted by Crippen LogP contribution is 2.27. The van der Waals surface area contributed by atoms with Crippen LogP contribution in [0.15, 0.2) is 18.2 Å². The summed E-state index contributed by atoms with van der Waals surface area (Å²) >= 11 is 0. The molecule has 0 bridgehead atoms. The number of methoxy groups -OCH3 is 2. The number of piperidine rings is 1. The maximum atomic E-state index is 5.36. The fourth-order valence-electron chi connectivity index (χ4n) is 2.97. The molecule has 2 rings (SSSR count). The molecule has 0 aliphatic carbocycles. The number of likely N-dealkylation sites (tertiary alicyclic amines) is 1. The van der Waals surface area contributed by atoms with Crippen LogP contribution in [0.3, 0.4) is 0 Å². The Hall–Kier alpha value is -1.26. The second-order valence-corrected chi connectivity index (χ2v) is 5.61. The predicted molar refractivity (Wildman–Crippen MR) is 86.4 cm³/mol. The average Bonchev–Trinajstić information content (AvgIpc) is 2.54. The maximum absolute atomic E-state index is 5.36. The maximum Gasteiger partial charge on any atom is 0.160 e. The van der Waals surface area contributed by atoms with Crippen LogP contribution in [-0.2, 0) is 6.42 Å². The van der Waals surface area contributed by atoms with Gasteiger partial charge in [0.25, 0.3) is 0 Å². The van der Waals surface area contributed by atoms with Crippen LogP contribution in [0, 0.1) is 0 Å². The lowest BCUT2D eigenvalue weighted by atomic mass is 10.0. The molecular formula is C17H28N2O2. The van der Waals surface area contributed by atoms with Crippen molar-refractivity contribution in [3.63, 3.8) is 0 Å². The number of benzene rings is 1. The van der Waals surface area contributed by atoms with Crippen LogP contribution in [-0.4, -0.2) is 51.3 Å². The first-order valence-corrected chi connectivity index (χ1v) is 7.93. The summed E-state index contributed by atoms with van der Waals surface area (Å²) in [7, 11) is 3.36. The van der Waals surface area contributed by atoms with Gasteiger partial charge in [-0.15, -0.1) is 0 Å². The van der Waals surface area contributed by atoms with Gasteiger partial charge in [0.1, 0.15) is 0 Å². The summed E-state index contributed by atoms with van der Waals surface area (Å²) in [6.07, 6.45) is 3.59. The molecule has 1 saturated heterocycles. The molecule has 1 N–H and O–H groups in total. The third-order valence-corrected chi connectivity index (χ3v) is 4.25. The molecule has 1 fully saturated rings. The molecule has 4 heteroatoms. The SMILES string of the molecule is CCNC1CCN(CCc2ccc(OC)c(OC)c2)CC1. The normalized spacial score (nSPS) is 16.9. The topological polar surface area (TPSA) is 33.7 Å². The van der Waals surface area contributed by atoms with Gasteiger partial charge in [0.05, 0.1) is 14.2 Å².